The van der Waals surface area contributed by atoms with Crippen LogP contribution in [0.4, 0.5) is 0 Å². The highest BCUT2D eigenvalue weighted by atomic mass is 32.2. The Morgan fingerprint density at radius 3 is 2.42 bits per heavy atom. The number of rotatable bonds is 5. The van der Waals surface area contributed by atoms with Crippen LogP contribution in [0.25, 0.3) is 0 Å². The maximum absolute atomic E-state index is 12.4. The number of aromatic nitrogens is 3. The fraction of sp³-hybridized carbons (Fsp3) is 0.500. The summed E-state index contributed by atoms with van der Waals surface area (Å²) in [4.78, 5) is 6.43. The highest BCUT2D eigenvalue weighted by molar-refractivity contribution is 7.89. The molecule has 1 saturated heterocycles. The lowest BCUT2D eigenvalue weighted by atomic mass is 10.0. The van der Waals surface area contributed by atoms with Crippen molar-refractivity contribution < 1.29 is 8.42 Å². The molecule has 130 valence electrons. The number of nitrogens with zero attached hydrogens (tertiary/aromatic N) is 4. The van der Waals surface area contributed by atoms with E-state index in [4.69, 9.17) is 0 Å². The van der Waals surface area contributed by atoms with Gasteiger partial charge in [0.05, 0.1) is 6.20 Å². The smallest absolute Gasteiger partial charge is 0.257 e. The van der Waals surface area contributed by atoms with Crippen molar-refractivity contribution >= 4 is 10.0 Å². The number of sulfonamides is 1. The van der Waals surface area contributed by atoms with Gasteiger partial charge in [0.15, 0.2) is 5.03 Å². The van der Waals surface area contributed by atoms with E-state index in [0.717, 1.165) is 25.9 Å². The van der Waals surface area contributed by atoms with Crippen LogP contribution in [0.5, 0.6) is 0 Å². The van der Waals surface area contributed by atoms with Gasteiger partial charge in [-0.1, -0.05) is 0 Å². The number of nitrogens with one attached hydrogen (secondary N) is 1. The average Bonchev–Trinajstić information content (AvgIpc) is 3.02. The van der Waals surface area contributed by atoms with Gasteiger partial charge in [0.1, 0.15) is 0 Å². The van der Waals surface area contributed by atoms with E-state index in [1.807, 2.05) is 12.1 Å². The van der Waals surface area contributed by atoms with E-state index in [-0.39, 0.29) is 11.1 Å². The Balaban J connectivity index is 1.59. The minimum absolute atomic E-state index is 0.0363. The van der Waals surface area contributed by atoms with Gasteiger partial charge in [-0.2, -0.15) is 5.10 Å². The molecule has 0 unspecified atom stereocenters. The molecular formula is C16H23N5O2S. The van der Waals surface area contributed by atoms with E-state index < -0.39 is 10.0 Å². The van der Waals surface area contributed by atoms with E-state index in [0.29, 0.717) is 6.04 Å². The van der Waals surface area contributed by atoms with Gasteiger partial charge in [-0.05, 0) is 43.5 Å². The van der Waals surface area contributed by atoms with Crippen LogP contribution in [0.15, 0.2) is 41.8 Å². The van der Waals surface area contributed by atoms with E-state index >= 15 is 0 Å². The van der Waals surface area contributed by atoms with Gasteiger partial charge in [0.25, 0.3) is 10.0 Å². The molecule has 3 heterocycles. The number of aryl methyl sites for hydroxylation is 1. The molecule has 0 spiro atoms. The molecule has 0 aromatic carbocycles. The minimum Gasteiger partial charge on any atom is -0.296 e. The summed E-state index contributed by atoms with van der Waals surface area (Å²) >= 11 is 0. The predicted molar refractivity (Wildman–Crippen MR) is 90.8 cm³/mol. The number of piperidine rings is 1. The van der Waals surface area contributed by atoms with Gasteiger partial charge in [-0.15, -0.1) is 0 Å². The molecule has 1 atom stereocenters. The molecule has 1 fully saturated rings. The second kappa shape index (κ2) is 7.00. The zero-order valence-electron chi connectivity index (χ0n) is 14.0. The first-order valence-electron chi connectivity index (χ1n) is 8.11. The monoisotopic (exact) mass is 349 g/mol. The molecule has 3 rings (SSSR count). The average molecular weight is 349 g/mol. The van der Waals surface area contributed by atoms with E-state index in [1.54, 1.807) is 19.4 Å². The maximum Gasteiger partial charge on any atom is 0.257 e. The van der Waals surface area contributed by atoms with Crippen LogP contribution in [-0.4, -0.2) is 47.2 Å². The summed E-state index contributed by atoms with van der Waals surface area (Å²) in [6, 6.07) is 5.85. The molecule has 2 aromatic heterocycles. The van der Waals surface area contributed by atoms with E-state index in [9.17, 15) is 8.42 Å². The molecule has 24 heavy (non-hydrogen) atoms. The Kier molecular flexibility index (Phi) is 4.98. The van der Waals surface area contributed by atoms with Crippen LogP contribution in [0, 0.1) is 0 Å². The molecule has 0 amide bonds. The predicted octanol–water partition coefficient (Wildman–Crippen LogP) is 1.32. The molecule has 2 aromatic rings. The fourth-order valence-corrected chi connectivity index (χ4v) is 4.59. The Labute approximate surface area is 142 Å². The van der Waals surface area contributed by atoms with Crippen LogP contribution < -0.4 is 4.72 Å². The van der Waals surface area contributed by atoms with Crippen LogP contribution in [0.1, 0.15) is 31.4 Å². The van der Waals surface area contributed by atoms with Gasteiger partial charge < -0.3 is 0 Å². The molecule has 1 N–H and O–H groups in total. The van der Waals surface area contributed by atoms with Gasteiger partial charge in [0.2, 0.25) is 0 Å². The van der Waals surface area contributed by atoms with Crippen molar-refractivity contribution in [2.75, 3.05) is 13.1 Å². The van der Waals surface area contributed by atoms with Crippen molar-refractivity contribution in [3.63, 3.8) is 0 Å². The Hall–Kier alpha value is -1.77. The number of hydrogen-bond donors (Lipinski definition) is 1. The molecule has 1 aliphatic rings. The van der Waals surface area contributed by atoms with Crippen LogP contribution in [0.3, 0.4) is 0 Å². The van der Waals surface area contributed by atoms with Crippen molar-refractivity contribution in [2.45, 2.75) is 36.9 Å². The Morgan fingerprint density at radius 2 is 1.83 bits per heavy atom. The van der Waals surface area contributed by atoms with Crippen molar-refractivity contribution in [1.29, 1.82) is 0 Å². The summed E-state index contributed by atoms with van der Waals surface area (Å²) in [7, 11) is -1.88. The number of hydrogen-bond acceptors (Lipinski definition) is 5. The van der Waals surface area contributed by atoms with Gasteiger partial charge >= 0.3 is 0 Å². The van der Waals surface area contributed by atoms with Gasteiger partial charge in [0, 0.05) is 44.6 Å². The molecule has 8 heteroatoms. The maximum atomic E-state index is 12.4. The van der Waals surface area contributed by atoms with E-state index in [2.05, 4.69) is 26.6 Å². The standard InChI is InChI=1S/C16H23N5O2S/c1-13(14-3-8-17-9-4-14)21-11-6-15(7-12-21)19-24(22,23)16-5-10-18-20(16)2/h3-5,8-10,13,15,19H,6-7,11-12H2,1-2H3/t13-/m0/s1. The highest BCUT2D eigenvalue weighted by Gasteiger charge is 2.28. The Morgan fingerprint density at radius 1 is 1.17 bits per heavy atom. The first-order chi connectivity index (χ1) is 11.5. The normalized spacial score (nSPS) is 18.6. The third-order valence-corrected chi connectivity index (χ3v) is 6.23. The zero-order chi connectivity index (χ0) is 17.2. The summed E-state index contributed by atoms with van der Waals surface area (Å²) in [5.41, 5.74) is 1.24. The third-order valence-electron chi connectivity index (χ3n) is 4.64. The summed E-state index contributed by atoms with van der Waals surface area (Å²) < 4.78 is 29.0. The molecule has 0 saturated carbocycles. The van der Waals surface area contributed by atoms with Crippen molar-refractivity contribution in [3.05, 3.63) is 42.4 Å². The molecule has 0 aliphatic carbocycles. The molecule has 7 nitrogen and oxygen atoms in total. The lowest BCUT2D eigenvalue weighted by Gasteiger charge is -2.36. The second-order valence-corrected chi connectivity index (χ2v) is 7.84. The Bertz CT molecular complexity index is 767. The number of likely N-dealkylation sites (tertiary alicyclic amines) is 1. The van der Waals surface area contributed by atoms with Gasteiger partial charge in [-0.25, -0.2) is 13.1 Å². The lowest BCUT2D eigenvalue weighted by Crippen LogP contribution is -2.45. The minimum atomic E-state index is -3.51. The summed E-state index contributed by atoms with van der Waals surface area (Å²) in [6.07, 6.45) is 6.70. The lowest BCUT2D eigenvalue weighted by molar-refractivity contribution is 0.159. The fourth-order valence-electron chi connectivity index (χ4n) is 3.16. The van der Waals surface area contributed by atoms with Gasteiger partial charge in [-0.3, -0.25) is 14.6 Å². The second-order valence-electron chi connectivity index (χ2n) is 6.18. The summed E-state index contributed by atoms with van der Waals surface area (Å²) in [5.74, 6) is 0. The third kappa shape index (κ3) is 3.66. The largest absolute Gasteiger partial charge is 0.296 e. The van der Waals surface area contributed by atoms with Crippen molar-refractivity contribution in [1.82, 2.24) is 24.4 Å². The number of pyridine rings is 1. The summed E-state index contributed by atoms with van der Waals surface area (Å²) in [5, 5.41) is 4.13. The topological polar surface area (TPSA) is 80.1 Å². The molecular weight excluding hydrogens is 326 g/mol. The van der Waals surface area contributed by atoms with Crippen LogP contribution in [-0.2, 0) is 17.1 Å². The SMILES string of the molecule is C[C@@H](c1ccncc1)N1CCC(NS(=O)(=O)c2ccnn2C)CC1. The molecule has 0 bridgehead atoms. The van der Waals surface area contributed by atoms with Crippen LogP contribution >= 0.6 is 0 Å². The van der Waals surface area contributed by atoms with Crippen molar-refractivity contribution in [3.8, 4) is 0 Å². The highest BCUT2D eigenvalue weighted by Crippen LogP contribution is 2.24. The first kappa shape index (κ1) is 17.1. The molecule has 1 aliphatic heterocycles. The molecule has 0 radical (unpaired) electrons. The van der Waals surface area contributed by atoms with Crippen LogP contribution in [0.2, 0.25) is 0 Å². The quantitative estimate of drug-likeness (QED) is 0.881. The zero-order valence-corrected chi connectivity index (χ0v) is 14.8. The summed E-state index contributed by atoms with van der Waals surface area (Å²) in [6.45, 7) is 3.90. The van der Waals surface area contributed by atoms with Crippen molar-refractivity contribution in [2.24, 2.45) is 7.05 Å². The first-order valence-corrected chi connectivity index (χ1v) is 9.60. The van der Waals surface area contributed by atoms with E-state index in [1.165, 1.54) is 22.5 Å².